The summed E-state index contributed by atoms with van der Waals surface area (Å²) in [5.74, 6) is -2.21. The van der Waals surface area contributed by atoms with Crippen LogP contribution in [-0.4, -0.2) is 164 Å². The molecule has 0 aliphatic heterocycles. The summed E-state index contributed by atoms with van der Waals surface area (Å²) in [6.45, 7) is 31.2. The number of methoxy groups -OCH3 is 1. The van der Waals surface area contributed by atoms with E-state index < -0.39 is 58.8 Å². The Balaban J connectivity index is -0.000000361. The molecule has 0 aliphatic carbocycles. The van der Waals surface area contributed by atoms with Crippen molar-refractivity contribution in [2.24, 2.45) is 10.8 Å². The number of hydrogen-bond donors (Lipinski definition) is 2. The Hall–Kier alpha value is 0.0606. The quantitative estimate of drug-likeness (QED) is 0.0119. The normalized spacial score (nSPS) is 14.1. The van der Waals surface area contributed by atoms with Crippen molar-refractivity contribution in [3.8, 4) is 0 Å². The molecule has 1 aromatic rings. The number of ether oxygens (including phenoxy) is 5. The second kappa shape index (κ2) is 52.8. The van der Waals surface area contributed by atoms with Crippen LogP contribution in [0.5, 0.6) is 0 Å². The number of carbonyl (C=O) groups is 5. The predicted octanol–water partition coefficient (Wildman–Crippen LogP) is 15.6. The van der Waals surface area contributed by atoms with Crippen LogP contribution in [0, 0.1) is 10.8 Å². The number of aliphatic hydroxyl groups excluding tert-OH is 2. The zero-order valence-electron chi connectivity index (χ0n) is 52.0. The molecule has 6 atom stereocenters. The van der Waals surface area contributed by atoms with Crippen LogP contribution in [0.2, 0.25) is 51.4 Å². The van der Waals surface area contributed by atoms with Gasteiger partial charge >= 0.3 is 26.5 Å². The molecule has 0 amide bonds. The van der Waals surface area contributed by atoms with Gasteiger partial charge in [0.1, 0.15) is 22.9 Å². The van der Waals surface area contributed by atoms with Crippen molar-refractivity contribution in [3.63, 3.8) is 0 Å². The fraction of sp³-hybridized carbons (Fsp3) is 0.804. The van der Waals surface area contributed by atoms with Gasteiger partial charge in [-0.2, -0.15) is 3.89 Å². The van der Waals surface area contributed by atoms with E-state index in [0.717, 1.165) is 63.2 Å². The SMILES string of the molecule is C.CC(Br)C(=O)Br.CCCCO[Si](C)(C)CCCOCCO.CCCCO[Si](C)(C)CCCOCCOC(=O)C(C)Br.COC(=O)C(C)(Cl)CC(CC(C)(CC(C)(C)C(=O)O[Si](C)(C)OC)C(=O)OCCO)c1ccccc1.FSCPBr. The van der Waals surface area contributed by atoms with Gasteiger partial charge in [-0.1, -0.05) is 112 Å². The van der Waals surface area contributed by atoms with Crippen molar-refractivity contribution in [3.05, 3.63) is 35.9 Å². The molecule has 16 nitrogen and oxygen atoms in total. The highest BCUT2D eigenvalue weighted by Gasteiger charge is 2.48. The Bertz CT molecular complexity index is 1820. The zero-order valence-corrected chi connectivity index (χ0v) is 63.9. The molecule has 0 saturated heterocycles. The average Bonchev–Trinajstić information content (AvgIpc) is 3.40. The summed E-state index contributed by atoms with van der Waals surface area (Å²) in [5, 5.41) is 17.8. The number of rotatable bonds is 39. The highest BCUT2D eigenvalue weighted by Crippen LogP contribution is 2.46. The van der Waals surface area contributed by atoms with E-state index in [0.29, 0.717) is 51.4 Å². The number of benzene rings is 1. The van der Waals surface area contributed by atoms with Gasteiger partial charge in [0.25, 0.3) is 5.97 Å². The third kappa shape index (κ3) is 51.5. The van der Waals surface area contributed by atoms with Gasteiger partial charge in [-0.05, 0) is 173 Å². The lowest BCUT2D eigenvalue weighted by Crippen LogP contribution is -2.45. The Morgan fingerprint density at radius 2 is 1.18 bits per heavy atom. The molecule has 6 unspecified atom stereocenters. The monoisotopic (exact) mass is 1550 g/mol. The van der Waals surface area contributed by atoms with Crippen LogP contribution in [0.4, 0.5) is 3.89 Å². The largest absolute Gasteiger partial charge is 0.494 e. The maximum absolute atomic E-state index is 13.4. The first kappa shape index (κ1) is 91.8. The maximum atomic E-state index is 13.4. The fourth-order valence-corrected chi connectivity index (χ4v) is 13.1. The van der Waals surface area contributed by atoms with E-state index >= 15 is 0 Å². The average molecular weight is 1560 g/mol. The third-order valence-corrected chi connectivity index (χ3v) is 23.9. The molecule has 0 spiro atoms. The molecule has 1 aromatic carbocycles. The molecule has 2 N–H and O–H groups in total. The lowest BCUT2D eigenvalue weighted by molar-refractivity contribution is -0.162. The molecule has 0 aromatic heterocycles. The molecule has 83 heavy (non-hydrogen) atoms. The summed E-state index contributed by atoms with van der Waals surface area (Å²) >= 11 is 19.0. The van der Waals surface area contributed by atoms with E-state index in [-0.39, 0.29) is 72.7 Å². The van der Waals surface area contributed by atoms with Gasteiger partial charge < -0.3 is 51.6 Å². The first-order chi connectivity index (χ1) is 38.1. The standard InChI is InChI=1S/C26H41ClO8Si.C14H29BrO4Si.C11H26O3Si.C3H4Br2O.CH3BrFPS.CH4/c1-24(2,21(29)35-36(7,8)33-6)18-25(3,22(30)34-15-14-28)16-20(19-12-10-9-11-13-19)17-26(4,27)23(31)32-5;1-5-6-9-19-20(3,4)12-7-8-17-10-11-18-14(16)13(2)15;1-4-5-9-14-15(2,3)11-6-8-13-10-7-12;1-2(4)3(5)6;2-4-1-5-3;/h9-13,20,28H,14-18H2,1-8H3;13H,5-12H2,1-4H3;12H,4-11H2,1-3H3;2H,1H3;4H,1H2;1H4. The van der Waals surface area contributed by atoms with Crippen LogP contribution in [-0.2, 0) is 65.4 Å². The highest BCUT2D eigenvalue weighted by molar-refractivity contribution is 9.37. The lowest BCUT2D eigenvalue weighted by Gasteiger charge is -2.38. The van der Waals surface area contributed by atoms with Crippen LogP contribution in [0.15, 0.2) is 30.3 Å². The molecule has 27 heteroatoms. The van der Waals surface area contributed by atoms with Crippen molar-refractivity contribution < 1.29 is 79.5 Å². The molecule has 0 saturated carbocycles. The van der Waals surface area contributed by atoms with Gasteiger partial charge in [0, 0.05) is 45.7 Å². The van der Waals surface area contributed by atoms with Crippen molar-refractivity contribution in [1.29, 1.82) is 0 Å². The van der Waals surface area contributed by atoms with Crippen LogP contribution >= 0.6 is 94.3 Å². The van der Waals surface area contributed by atoms with Gasteiger partial charge in [0.05, 0.1) is 54.7 Å². The molecular formula is C56H107Br4ClFO16PSSi3. The van der Waals surface area contributed by atoms with E-state index in [1.165, 1.54) is 27.1 Å². The number of alkyl halides is 3. The first-order valence-corrected chi connectivity index (χ1v) is 44.1. The van der Waals surface area contributed by atoms with E-state index in [1.54, 1.807) is 54.6 Å². The number of carbonyl (C=O) groups excluding carboxylic acids is 5. The number of halogens is 6. The molecule has 1 rings (SSSR count). The Kier molecular flexibility index (Phi) is 58.4. The lowest BCUT2D eigenvalue weighted by atomic mass is 9.67. The van der Waals surface area contributed by atoms with Crippen LogP contribution in [0.25, 0.3) is 0 Å². The van der Waals surface area contributed by atoms with E-state index in [1.807, 2.05) is 30.3 Å². The second-order valence-corrected chi connectivity index (χ2v) is 41.6. The van der Waals surface area contributed by atoms with E-state index in [9.17, 15) is 33.0 Å². The van der Waals surface area contributed by atoms with Gasteiger partial charge in [-0.15, -0.1) is 11.6 Å². The van der Waals surface area contributed by atoms with E-state index in [4.69, 9.17) is 58.1 Å². The molecule has 0 fully saturated rings. The summed E-state index contributed by atoms with van der Waals surface area (Å²) in [5.41, 5.74) is -0.785. The molecule has 492 valence electrons. The first-order valence-electron chi connectivity index (χ1n) is 27.7. The number of aliphatic hydroxyl groups is 2. The van der Waals surface area contributed by atoms with Crippen LogP contribution in [0.3, 0.4) is 0 Å². The Morgan fingerprint density at radius 3 is 1.57 bits per heavy atom. The highest BCUT2D eigenvalue weighted by atomic mass is 79.9. The third-order valence-electron chi connectivity index (χ3n) is 11.8. The van der Waals surface area contributed by atoms with Gasteiger partial charge in [-0.3, -0.25) is 24.0 Å². The topological polar surface area (TPSA) is 209 Å². The van der Waals surface area contributed by atoms with E-state index in [2.05, 4.69) is 103 Å². The van der Waals surface area contributed by atoms with Gasteiger partial charge in [0.15, 0.2) is 16.6 Å². The Labute approximate surface area is 548 Å². The van der Waals surface area contributed by atoms with Crippen LogP contribution < -0.4 is 0 Å². The fourth-order valence-electron chi connectivity index (χ4n) is 7.26. The van der Waals surface area contributed by atoms with Crippen LogP contribution in [0.1, 0.15) is 132 Å². The summed E-state index contributed by atoms with van der Waals surface area (Å²) in [4.78, 5) is 58.4. The minimum absolute atomic E-state index is 0. The number of esters is 3. The molecular weight excluding hydrogens is 1450 g/mol. The summed E-state index contributed by atoms with van der Waals surface area (Å²) in [6, 6.07) is 11.7. The summed E-state index contributed by atoms with van der Waals surface area (Å²) in [7, 11) is -2.30. The summed E-state index contributed by atoms with van der Waals surface area (Å²) in [6.07, 6.45) is 7.24. The predicted molar refractivity (Wildman–Crippen MR) is 363 cm³/mol. The zero-order chi connectivity index (χ0) is 64.1. The Morgan fingerprint density at radius 1 is 0.699 bits per heavy atom. The van der Waals surface area contributed by atoms with Crippen molar-refractivity contribution in [1.82, 2.24) is 0 Å². The molecule has 0 aliphatic rings. The molecule has 0 radical (unpaired) electrons. The smallest absolute Gasteiger partial charge is 0.394 e. The van der Waals surface area contributed by atoms with Crippen molar-refractivity contribution in [2.75, 3.05) is 85.8 Å². The minimum Gasteiger partial charge on any atom is -0.494 e. The van der Waals surface area contributed by atoms with Crippen molar-refractivity contribution >= 4 is 148 Å². The second-order valence-electron chi connectivity index (χ2n) is 21.8. The maximum Gasteiger partial charge on any atom is 0.394 e. The van der Waals surface area contributed by atoms with Gasteiger partial charge in [0.2, 0.25) is 4.69 Å². The minimum atomic E-state index is -2.67. The number of hydrogen-bond acceptors (Lipinski definition) is 17. The van der Waals surface area contributed by atoms with Gasteiger partial charge in [-0.25, -0.2) is 0 Å². The molecule has 0 heterocycles. The van der Waals surface area contributed by atoms with Crippen molar-refractivity contribution in [2.45, 2.75) is 192 Å². The summed E-state index contributed by atoms with van der Waals surface area (Å²) < 4.78 is 59.7. The number of unbranched alkanes of at least 4 members (excludes halogenated alkanes) is 2. The molecule has 0 bridgehead atoms.